The summed E-state index contributed by atoms with van der Waals surface area (Å²) in [6, 6.07) is 6.76. The van der Waals surface area contributed by atoms with E-state index in [1.54, 1.807) is 11.1 Å². The maximum Gasteiger partial charge on any atom is 0.0178 e. The number of hydrogen-bond donors (Lipinski definition) is 0. The van der Waals surface area contributed by atoms with Gasteiger partial charge >= 0.3 is 0 Å². The van der Waals surface area contributed by atoms with Crippen LogP contribution in [0.4, 0.5) is 0 Å². The number of nitrogens with zero attached hydrogens (tertiary/aromatic N) is 1. The molecular weight excluding hydrogens is 262 g/mol. The molecule has 0 aliphatic heterocycles. The number of fused-ring (bicyclic) bond motifs is 1. The Labute approximate surface area is 107 Å². The summed E-state index contributed by atoms with van der Waals surface area (Å²) in [6.07, 6.45) is 2.58. The second-order valence-corrected chi connectivity index (χ2v) is 5.48. The summed E-state index contributed by atoms with van der Waals surface area (Å²) in [7, 11) is 0. The third-order valence-electron chi connectivity index (χ3n) is 3.68. The fourth-order valence-corrected chi connectivity index (χ4v) is 3.02. The quantitative estimate of drug-likeness (QED) is 0.811. The van der Waals surface area contributed by atoms with Gasteiger partial charge < -0.3 is 4.90 Å². The standard InChI is InChI=1S/C14H20BrN/c1-3-16(4-2)10-12-6-5-11-7-8-13(15)9-14(11)12/h7-9,12H,3-6,10H2,1-2H3. The molecule has 1 unspecified atom stereocenters. The van der Waals surface area contributed by atoms with Crippen molar-refractivity contribution in [1.82, 2.24) is 4.90 Å². The zero-order chi connectivity index (χ0) is 11.5. The SMILES string of the molecule is CCN(CC)CC1CCc2ccc(Br)cc21. The van der Waals surface area contributed by atoms with Gasteiger partial charge in [-0.05, 0) is 55.1 Å². The van der Waals surface area contributed by atoms with Gasteiger partial charge in [0.1, 0.15) is 0 Å². The molecule has 0 radical (unpaired) electrons. The summed E-state index contributed by atoms with van der Waals surface area (Å²) < 4.78 is 1.22. The van der Waals surface area contributed by atoms with Gasteiger partial charge in [-0.2, -0.15) is 0 Å². The van der Waals surface area contributed by atoms with Gasteiger partial charge in [-0.1, -0.05) is 35.8 Å². The van der Waals surface area contributed by atoms with Gasteiger partial charge in [-0.3, -0.25) is 0 Å². The molecule has 0 amide bonds. The fraction of sp³-hybridized carbons (Fsp3) is 0.571. The Morgan fingerprint density at radius 1 is 1.31 bits per heavy atom. The van der Waals surface area contributed by atoms with E-state index in [1.165, 1.54) is 23.9 Å². The molecular formula is C14H20BrN. The van der Waals surface area contributed by atoms with Crippen molar-refractivity contribution >= 4 is 15.9 Å². The topological polar surface area (TPSA) is 3.24 Å². The van der Waals surface area contributed by atoms with Crippen molar-refractivity contribution in [2.24, 2.45) is 0 Å². The van der Waals surface area contributed by atoms with Crippen molar-refractivity contribution in [3.8, 4) is 0 Å². The minimum atomic E-state index is 0.743. The van der Waals surface area contributed by atoms with Crippen molar-refractivity contribution in [1.29, 1.82) is 0 Å². The van der Waals surface area contributed by atoms with Gasteiger partial charge in [0.05, 0.1) is 0 Å². The van der Waals surface area contributed by atoms with Crippen LogP contribution in [0, 0.1) is 0 Å². The molecule has 1 aliphatic carbocycles. The van der Waals surface area contributed by atoms with Crippen molar-refractivity contribution in [2.75, 3.05) is 19.6 Å². The summed E-state index contributed by atoms with van der Waals surface area (Å²) in [5, 5.41) is 0. The molecule has 0 fully saturated rings. The molecule has 0 N–H and O–H groups in total. The zero-order valence-corrected chi connectivity index (χ0v) is 11.8. The van der Waals surface area contributed by atoms with E-state index in [0.29, 0.717) is 0 Å². The van der Waals surface area contributed by atoms with E-state index in [2.05, 4.69) is 52.9 Å². The molecule has 0 bridgehead atoms. The lowest BCUT2D eigenvalue weighted by molar-refractivity contribution is 0.282. The monoisotopic (exact) mass is 281 g/mol. The molecule has 1 nitrogen and oxygen atoms in total. The summed E-state index contributed by atoms with van der Waals surface area (Å²) in [5.74, 6) is 0.743. The summed E-state index contributed by atoms with van der Waals surface area (Å²) >= 11 is 3.58. The van der Waals surface area contributed by atoms with Gasteiger partial charge in [0, 0.05) is 11.0 Å². The Bertz CT molecular complexity index is 358. The molecule has 1 aromatic rings. The summed E-state index contributed by atoms with van der Waals surface area (Å²) in [5.41, 5.74) is 3.13. The molecule has 1 aliphatic rings. The first kappa shape index (κ1) is 12.1. The number of likely N-dealkylation sites (N-methyl/N-ethyl adjacent to an activating group) is 1. The average Bonchev–Trinajstić information content (AvgIpc) is 2.68. The molecule has 88 valence electrons. The largest absolute Gasteiger partial charge is 0.303 e. The van der Waals surface area contributed by atoms with Crippen LogP contribution in [0.5, 0.6) is 0 Å². The van der Waals surface area contributed by atoms with E-state index in [0.717, 1.165) is 19.0 Å². The average molecular weight is 282 g/mol. The third-order valence-corrected chi connectivity index (χ3v) is 4.18. The van der Waals surface area contributed by atoms with Crippen LogP contribution in [0.25, 0.3) is 0 Å². The van der Waals surface area contributed by atoms with E-state index in [4.69, 9.17) is 0 Å². The van der Waals surface area contributed by atoms with Crippen LogP contribution < -0.4 is 0 Å². The first-order chi connectivity index (χ1) is 7.74. The number of rotatable bonds is 4. The third kappa shape index (κ3) is 2.49. The highest BCUT2D eigenvalue weighted by Crippen LogP contribution is 2.35. The minimum Gasteiger partial charge on any atom is -0.303 e. The predicted molar refractivity (Wildman–Crippen MR) is 73.0 cm³/mol. The zero-order valence-electron chi connectivity index (χ0n) is 10.2. The first-order valence-electron chi connectivity index (χ1n) is 6.25. The Balaban J connectivity index is 2.13. The molecule has 1 aromatic carbocycles. The number of hydrogen-bond acceptors (Lipinski definition) is 1. The van der Waals surface area contributed by atoms with Crippen LogP contribution in [0.15, 0.2) is 22.7 Å². The van der Waals surface area contributed by atoms with Gasteiger partial charge in [-0.15, -0.1) is 0 Å². The minimum absolute atomic E-state index is 0.743. The normalized spacial score (nSPS) is 19.1. The van der Waals surface area contributed by atoms with Gasteiger partial charge in [0.25, 0.3) is 0 Å². The maximum atomic E-state index is 3.58. The highest BCUT2D eigenvalue weighted by atomic mass is 79.9. The van der Waals surface area contributed by atoms with E-state index in [1.807, 2.05) is 0 Å². The second kappa shape index (κ2) is 5.33. The highest BCUT2D eigenvalue weighted by molar-refractivity contribution is 9.10. The van der Waals surface area contributed by atoms with Crippen molar-refractivity contribution in [3.05, 3.63) is 33.8 Å². The van der Waals surface area contributed by atoms with Crippen molar-refractivity contribution in [3.63, 3.8) is 0 Å². The fourth-order valence-electron chi connectivity index (χ4n) is 2.64. The first-order valence-corrected chi connectivity index (χ1v) is 7.04. The smallest absolute Gasteiger partial charge is 0.0178 e. The number of benzene rings is 1. The highest BCUT2D eigenvalue weighted by Gasteiger charge is 2.23. The van der Waals surface area contributed by atoms with E-state index in [9.17, 15) is 0 Å². The predicted octanol–water partition coefficient (Wildman–Crippen LogP) is 3.82. The second-order valence-electron chi connectivity index (χ2n) is 4.56. The van der Waals surface area contributed by atoms with E-state index < -0.39 is 0 Å². The van der Waals surface area contributed by atoms with Crippen LogP contribution in [0.2, 0.25) is 0 Å². The van der Waals surface area contributed by atoms with Crippen molar-refractivity contribution < 1.29 is 0 Å². The molecule has 0 spiro atoms. The van der Waals surface area contributed by atoms with Crippen LogP contribution in [0.3, 0.4) is 0 Å². The Morgan fingerprint density at radius 3 is 2.75 bits per heavy atom. The Morgan fingerprint density at radius 2 is 2.06 bits per heavy atom. The van der Waals surface area contributed by atoms with E-state index >= 15 is 0 Å². The molecule has 0 saturated heterocycles. The molecule has 2 heteroatoms. The number of aryl methyl sites for hydroxylation is 1. The van der Waals surface area contributed by atoms with Crippen LogP contribution in [0.1, 0.15) is 37.3 Å². The van der Waals surface area contributed by atoms with Gasteiger partial charge in [-0.25, -0.2) is 0 Å². The summed E-state index contributed by atoms with van der Waals surface area (Å²) in [4.78, 5) is 2.53. The maximum absolute atomic E-state index is 3.58. The Hall–Kier alpha value is -0.340. The number of halogens is 1. The molecule has 16 heavy (non-hydrogen) atoms. The lowest BCUT2D eigenvalue weighted by Gasteiger charge is -2.23. The summed E-state index contributed by atoms with van der Waals surface area (Å²) in [6.45, 7) is 8.05. The molecule has 0 aromatic heterocycles. The molecule has 0 saturated carbocycles. The molecule has 2 rings (SSSR count). The molecule has 0 heterocycles. The van der Waals surface area contributed by atoms with Crippen LogP contribution >= 0.6 is 15.9 Å². The van der Waals surface area contributed by atoms with Crippen LogP contribution in [-0.4, -0.2) is 24.5 Å². The lowest BCUT2D eigenvalue weighted by atomic mass is 10.0. The van der Waals surface area contributed by atoms with Crippen molar-refractivity contribution in [2.45, 2.75) is 32.6 Å². The lowest BCUT2D eigenvalue weighted by Crippen LogP contribution is -2.27. The Kier molecular flexibility index (Phi) is 4.04. The van der Waals surface area contributed by atoms with Gasteiger partial charge in [0.2, 0.25) is 0 Å². The molecule has 1 atom stereocenters. The van der Waals surface area contributed by atoms with Crippen LogP contribution in [-0.2, 0) is 6.42 Å². The van der Waals surface area contributed by atoms with Gasteiger partial charge in [0.15, 0.2) is 0 Å². The van der Waals surface area contributed by atoms with E-state index in [-0.39, 0.29) is 0 Å².